The fraction of sp³-hybridized carbons (Fsp3) is 0.167. The zero-order chi connectivity index (χ0) is 15.9. The summed E-state index contributed by atoms with van der Waals surface area (Å²) in [7, 11) is 1.93. The summed E-state index contributed by atoms with van der Waals surface area (Å²) in [5, 5.41) is 11.4. The van der Waals surface area contributed by atoms with Crippen molar-refractivity contribution in [1.82, 2.24) is 15.2 Å². The fourth-order valence-electron chi connectivity index (χ4n) is 2.27. The van der Waals surface area contributed by atoms with Gasteiger partial charge in [0.25, 0.3) is 5.95 Å². The van der Waals surface area contributed by atoms with Crippen LogP contribution >= 0.6 is 0 Å². The van der Waals surface area contributed by atoms with Gasteiger partial charge in [-0.1, -0.05) is 48.5 Å². The van der Waals surface area contributed by atoms with Gasteiger partial charge in [0.15, 0.2) is 5.82 Å². The van der Waals surface area contributed by atoms with Crippen molar-refractivity contribution in [2.24, 2.45) is 0 Å². The van der Waals surface area contributed by atoms with E-state index in [0.29, 0.717) is 5.95 Å². The summed E-state index contributed by atoms with van der Waals surface area (Å²) in [6.45, 7) is 0.803. The molecule has 116 valence electrons. The molecule has 0 spiro atoms. The SMILES string of the molecule is CN(c1ccccc1)c1nncc(NCCc2ccccc2)n1. The standard InChI is InChI=1S/C18H19N5/c1-23(16-10-6-3-7-11-16)18-21-17(14-20-22-18)19-13-12-15-8-4-2-5-9-15/h2-11,14H,12-13H2,1H3,(H,19,21,22). The van der Waals surface area contributed by atoms with E-state index in [1.165, 1.54) is 5.56 Å². The Balaban J connectivity index is 1.63. The number of rotatable bonds is 6. The molecular formula is C18H19N5. The largest absolute Gasteiger partial charge is 0.368 e. The van der Waals surface area contributed by atoms with E-state index in [4.69, 9.17) is 0 Å². The molecule has 0 bridgehead atoms. The molecular weight excluding hydrogens is 286 g/mol. The van der Waals surface area contributed by atoms with Crippen LogP contribution in [0.2, 0.25) is 0 Å². The van der Waals surface area contributed by atoms with Crippen LogP contribution < -0.4 is 10.2 Å². The van der Waals surface area contributed by atoms with Crippen molar-refractivity contribution in [2.45, 2.75) is 6.42 Å². The number of aromatic nitrogens is 3. The highest BCUT2D eigenvalue weighted by atomic mass is 15.3. The second-order valence-corrected chi connectivity index (χ2v) is 5.20. The van der Waals surface area contributed by atoms with E-state index in [2.05, 4.69) is 44.8 Å². The summed E-state index contributed by atoms with van der Waals surface area (Å²) in [6, 6.07) is 20.3. The molecule has 1 heterocycles. The van der Waals surface area contributed by atoms with Crippen molar-refractivity contribution in [2.75, 3.05) is 23.8 Å². The predicted octanol–water partition coefficient (Wildman–Crippen LogP) is 3.29. The lowest BCUT2D eigenvalue weighted by molar-refractivity contribution is 0.915. The van der Waals surface area contributed by atoms with Crippen LogP contribution in [0.4, 0.5) is 17.5 Å². The van der Waals surface area contributed by atoms with Crippen molar-refractivity contribution in [3.8, 4) is 0 Å². The molecule has 23 heavy (non-hydrogen) atoms. The first-order valence-corrected chi connectivity index (χ1v) is 7.59. The molecule has 5 heteroatoms. The summed E-state index contributed by atoms with van der Waals surface area (Å²) in [5.41, 5.74) is 2.32. The molecule has 5 nitrogen and oxygen atoms in total. The van der Waals surface area contributed by atoms with Crippen LogP contribution in [0.5, 0.6) is 0 Å². The Kier molecular flexibility index (Phi) is 4.79. The van der Waals surface area contributed by atoms with E-state index in [-0.39, 0.29) is 0 Å². The molecule has 0 unspecified atom stereocenters. The van der Waals surface area contributed by atoms with Gasteiger partial charge in [-0.05, 0) is 24.1 Å². The number of nitrogens with one attached hydrogen (secondary N) is 1. The number of para-hydroxylation sites is 1. The summed E-state index contributed by atoms with van der Waals surface area (Å²) in [4.78, 5) is 6.43. The predicted molar refractivity (Wildman–Crippen MR) is 93.0 cm³/mol. The van der Waals surface area contributed by atoms with Crippen molar-refractivity contribution in [1.29, 1.82) is 0 Å². The lowest BCUT2D eigenvalue weighted by atomic mass is 10.1. The molecule has 2 aromatic carbocycles. The van der Waals surface area contributed by atoms with Crippen molar-refractivity contribution in [3.05, 3.63) is 72.4 Å². The third kappa shape index (κ3) is 4.03. The van der Waals surface area contributed by atoms with Gasteiger partial charge in [-0.25, -0.2) is 0 Å². The molecule has 0 aliphatic carbocycles. The zero-order valence-electron chi connectivity index (χ0n) is 13.1. The van der Waals surface area contributed by atoms with Gasteiger partial charge in [0, 0.05) is 19.3 Å². The van der Waals surface area contributed by atoms with Crippen LogP contribution in [0.1, 0.15) is 5.56 Å². The molecule has 0 saturated heterocycles. The summed E-state index contributed by atoms with van der Waals surface area (Å²) < 4.78 is 0. The van der Waals surface area contributed by atoms with Gasteiger partial charge in [-0.2, -0.15) is 10.1 Å². The molecule has 0 aliphatic heterocycles. The van der Waals surface area contributed by atoms with Crippen LogP contribution in [0, 0.1) is 0 Å². The molecule has 1 aromatic heterocycles. The maximum atomic E-state index is 4.52. The zero-order valence-corrected chi connectivity index (χ0v) is 13.1. The Hall–Kier alpha value is -2.95. The van der Waals surface area contributed by atoms with Gasteiger partial charge in [0.1, 0.15) is 0 Å². The highest BCUT2D eigenvalue weighted by Crippen LogP contribution is 2.19. The monoisotopic (exact) mass is 305 g/mol. The first-order chi connectivity index (χ1) is 11.3. The molecule has 3 rings (SSSR count). The van der Waals surface area contributed by atoms with Crippen LogP contribution in [-0.2, 0) is 6.42 Å². The highest BCUT2D eigenvalue weighted by Gasteiger charge is 2.08. The number of anilines is 3. The average molecular weight is 305 g/mol. The van der Waals surface area contributed by atoms with Crippen LogP contribution in [0.3, 0.4) is 0 Å². The van der Waals surface area contributed by atoms with Crippen LogP contribution in [0.15, 0.2) is 66.9 Å². The van der Waals surface area contributed by atoms with E-state index in [0.717, 1.165) is 24.5 Å². The molecule has 0 saturated carbocycles. The minimum atomic E-state index is 0.570. The normalized spacial score (nSPS) is 10.3. The second kappa shape index (κ2) is 7.35. The smallest absolute Gasteiger partial charge is 0.251 e. The summed E-state index contributed by atoms with van der Waals surface area (Å²) >= 11 is 0. The summed E-state index contributed by atoms with van der Waals surface area (Å²) in [5.74, 6) is 1.30. The fourth-order valence-corrected chi connectivity index (χ4v) is 2.27. The topological polar surface area (TPSA) is 53.9 Å². The van der Waals surface area contributed by atoms with E-state index in [1.54, 1.807) is 6.20 Å². The molecule has 1 N–H and O–H groups in total. The van der Waals surface area contributed by atoms with Crippen molar-refractivity contribution < 1.29 is 0 Å². The van der Waals surface area contributed by atoms with Gasteiger partial charge in [-0.15, -0.1) is 5.10 Å². The molecule has 0 aliphatic rings. The second-order valence-electron chi connectivity index (χ2n) is 5.20. The minimum Gasteiger partial charge on any atom is -0.368 e. The van der Waals surface area contributed by atoms with Crippen molar-refractivity contribution in [3.63, 3.8) is 0 Å². The summed E-state index contributed by atoms with van der Waals surface area (Å²) in [6.07, 6.45) is 2.59. The van der Waals surface area contributed by atoms with Gasteiger partial charge in [0.05, 0.1) is 6.20 Å². The van der Waals surface area contributed by atoms with Gasteiger partial charge < -0.3 is 10.2 Å². The van der Waals surface area contributed by atoms with E-state index in [1.807, 2.05) is 48.3 Å². The lowest BCUT2D eigenvalue weighted by Gasteiger charge is -2.17. The Morgan fingerprint density at radius 2 is 1.65 bits per heavy atom. The maximum Gasteiger partial charge on any atom is 0.251 e. The average Bonchev–Trinajstić information content (AvgIpc) is 2.63. The van der Waals surface area contributed by atoms with Crippen LogP contribution in [0.25, 0.3) is 0 Å². The quantitative estimate of drug-likeness (QED) is 0.757. The first kappa shape index (κ1) is 15.0. The molecule has 3 aromatic rings. The van der Waals surface area contributed by atoms with E-state index < -0.39 is 0 Å². The van der Waals surface area contributed by atoms with E-state index in [9.17, 15) is 0 Å². The number of nitrogens with zero attached hydrogens (tertiary/aromatic N) is 4. The third-order valence-corrected chi connectivity index (χ3v) is 3.55. The molecule has 0 radical (unpaired) electrons. The van der Waals surface area contributed by atoms with E-state index >= 15 is 0 Å². The van der Waals surface area contributed by atoms with Gasteiger partial charge >= 0.3 is 0 Å². The molecule has 0 amide bonds. The van der Waals surface area contributed by atoms with Crippen LogP contribution in [-0.4, -0.2) is 28.8 Å². The maximum absolute atomic E-state index is 4.52. The first-order valence-electron chi connectivity index (χ1n) is 7.59. The number of hydrogen-bond acceptors (Lipinski definition) is 5. The Bertz CT molecular complexity index is 731. The Labute approximate surface area is 136 Å². The minimum absolute atomic E-state index is 0.570. The van der Waals surface area contributed by atoms with Gasteiger partial charge in [0.2, 0.25) is 0 Å². The van der Waals surface area contributed by atoms with Gasteiger partial charge in [-0.3, -0.25) is 0 Å². The van der Waals surface area contributed by atoms with Crippen molar-refractivity contribution >= 4 is 17.5 Å². The highest BCUT2D eigenvalue weighted by molar-refractivity contribution is 5.56. The third-order valence-electron chi connectivity index (χ3n) is 3.55. The molecule has 0 atom stereocenters. The molecule has 0 fully saturated rings. The Morgan fingerprint density at radius 3 is 2.39 bits per heavy atom. The lowest BCUT2D eigenvalue weighted by Crippen LogP contribution is -2.15. The number of hydrogen-bond donors (Lipinski definition) is 1. The number of benzene rings is 2. The Morgan fingerprint density at radius 1 is 0.957 bits per heavy atom.